The van der Waals surface area contributed by atoms with E-state index in [-0.39, 0.29) is 18.2 Å². The summed E-state index contributed by atoms with van der Waals surface area (Å²) in [5, 5.41) is 7.69. The molecule has 0 saturated carbocycles. The van der Waals surface area contributed by atoms with Crippen molar-refractivity contribution in [3.05, 3.63) is 23.4 Å². The molecule has 3 amide bonds. The number of nitrogens with zero attached hydrogens (tertiary/aromatic N) is 1. The van der Waals surface area contributed by atoms with Gasteiger partial charge >= 0.3 is 0 Å². The number of imide groups is 1. The standard InChI is InChI=1S/C13H16N4O3/c1-7-5-8(6-10(14-2)15-7)12(19)16-9-3-4-11(18)17-13(9)20/h5-6,9H,3-4H2,1-2H3,(H,14,15)(H,16,19)(H,17,18,20). The van der Waals surface area contributed by atoms with Crippen molar-refractivity contribution in [2.75, 3.05) is 12.4 Å². The van der Waals surface area contributed by atoms with E-state index in [2.05, 4.69) is 20.9 Å². The van der Waals surface area contributed by atoms with Crippen molar-refractivity contribution in [3.63, 3.8) is 0 Å². The molecule has 1 atom stereocenters. The van der Waals surface area contributed by atoms with Gasteiger partial charge in [0.05, 0.1) is 0 Å². The van der Waals surface area contributed by atoms with Gasteiger partial charge in [-0.1, -0.05) is 0 Å². The Labute approximate surface area is 116 Å². The van der Waals surface area contributed by atoms with Crippen LogP contribution in [0.1, 0.15) is 28.9 Å². The van der Waals surface area contributed by atoms with Crippen LogP contribution < -0.4 is 16.0 Å². The first-order valence-electron chi connectivity index (χ1n) is 6.30. The fourth-order valence-corrected chi connectivity index (χ4v) is 2.00. The highest BCUT2D eigenvalue weighted by atomic mass is 16.2. The van der Waals surface area contributed by atoms with Gasteiger partial charge in [0.1, 0.15) is 11.9 Å². The first-order valence-corrected chi connectivity index (χ1v) is 6.30. The second-order valence-corrected chi connectivity index (χ2v) is 4.61. The Hall–Kier alpha value is -2.44. The van der Waals surface area contributed by atoms with E-state index < -0.39 is 11.9 Å². The second-order valence-electron chi connectivity index (χ2n) is 4.61. The summed E-state index contributed by atoms with van der Waals surface area (Å²) in [6.07, 6.45) is 0.549. The molecule has 7 nitrogen and oxygen atoms in total. The average Bonchev–Trinajstić information content (AvgIpc) is 2.41. The molecule has 1 fully saturated rings. The molecular formula is C13H16N4O3. The number of piperidine rings is 1. The SMILES string of the molecule is CNc1cc(C(=O)NC2CCC(=O)NC2=O)cc(C)n1. The summed E-state index contributed by atoms with van der Waals surface area (Å²) in [5.41, 5.74) is 1.12. The van der Waals surface area contributed by atoms with E-state index in [9.17, 15) is 14.4 Å². The van der Waals surface area contributed by atoms with Crippen LogP contribution in [0.4, 0.5) is 5.82 Å². The predicted octanol–water partition coefficient (Wildman–Crippen LogP) is -0.0333. The lowest BCUT2D eigenvalue weighted by Gasteiger charge is -2.21. The predicted molar refractivity (Wildman–Crippen MR) is 72.2 cm³/mol. The molecule has 106 valence electrons. The number of carbonyl (C=O) groups is 3. The van der Waals surface area contributed by atoms with Crippen LogP contribution in [-0.2, 0) is 9.59 Å². The molecule has 1 aromatic heterocycles. The van der Waals surface area contributed by atoms with Gasteiger partial charge in [-0.3, -0.25) is 19.7 Å². The monoisotopic (exact) mass is 276 g/mol. The largest absolute Gasteiger partial charge is 0.373 e. The van der Waals surface area contributed by atoms with E-state index in [1.54, 1.807) is 26.1 Å². The fraction of sp³-hybridized carbons (Fsp3) is 0.385. The lowest BCUT2D eigenvalue weighted by molar-refractivity contribution is -0.134. The van der Waals surface area contributed by atoms with Gasteiger partial charge in [0.2, 0.25) is 11.8 Å². The van der Waals surface area contributed by atoms with E-state index >= 15 is 0 Å². The number of nitrogens with one attached hydrogen (secondary N) is 3. The summed E-state index contributed by atoms with van der Waals surface area (Å²) in [6.45, 7) is 1.78. The van der Waals surface area contributed by atoms with Gasteiger partial charge in [-0.25, -0.2) is 4.98 Å². The minimum absolute atomic E-state index is 0.230. The van der Waals surface area contributed by atoms with Crippen LogP contribution in [0.2, 0.25) is 0 Å². The first kappa shape index (κ1) is 14.0. The number of aryl methyl sites for hydroxylation is 1. The molecule has 0 aromatic carbocycles. The summed E-state index contributed by atoms with van der Waals surface area (Å²) in [5.74, 6) is -0.549. The van der Waals surface area contributed by atoms with Crippen molar-refractivity contribution in [1.29, 1.82) is 0 Å². The normalized spacial score (nSPS) is 18.4. The zero-order valence-electron chi connectivity index (χ0n) is 11.3. The third-order valence-corrected chi connectivity index (χ3v) is 3.02. The zero-order valence-corrected chi connectivity index (χ0v) is 11.3. The van der Waals surface area contributed by atoms with Crippen LogP contribution in [0.3, 0.4) is 0 Å². The molecule has 2 rings (SSSR count). The average molecular weight is 276 g/mol. The molecule has 1 aliphatic rings. The molecule has 7 heteroatoms. The Morgan fingerprint density at radius 3 is 2.80 bits per heavy atom. The fourth-order valence-electron chi connectivity index (χ4n) is 2.00. The highest BCUT2D eigenvalue weighted by molar-refractivity contribution is 6.03. The van der Waals surface area contributed by atoms with Gasteiger partial charge in [0.15, 0.2) is 0 Å². The first-order chi connectivity index (χ1) is 9.49. The van der Waals surface area contributed by atoms with Crippen LogP contribution >= 0.6 is 0 Å². The molecule has 20 heavy (non-hydrogen) atoms. The molecule has 0 spiro atoms. The summed E-state index contributed by atoms with van der Waals surface area (Å²) < 4.78 is 0. The van der Waals surface area contributed by atoms with E-state index in [0.29, 0.717) is 23.5 Å². The lowest BCUT2D eigenvalue weighted by Crippen LogP contribution is -2.52. The number of carbonyl (C=O) groups excluding carboxylic acids is 3. The van der Waals surface area contributed by atoms with Crippen molar-refractivity contribution < 1.29 is 14.4 Å². The van der Waals surface area contributed by atoms with Gasteiger partial charge in [-0.2, -0.15) is 0 Å². The number of amides is 3. The van der Waals surface area contributed by atoms with E-state index in [1.807, 2.05) is 0 Å². The maximum atomic E-state index is 12.1. The molecule has 1 unspecified atom stereocenters. The Bertz CT molecular complexity index is 571. The van der Waals surface area contributed by atoms with Crippen LogP contribution in [0.25, 0.3) is 0 Å². The summed E-state index contributed by atoms with van der Waals surface area (Å²) in [7, 11) is 1.71. The summed E-state index contributed by atoms with van der Waals surface area (Å²) in [4.78, 5) is 39.0. The van der Waals surface area contributed by atoms with E-state index in [1.165, 1.54) is 0 Å². The van der Waals surface area contributed by atoms with Crippen molar-refractivity contribution in [3.8, 4) is 0 Å². The molecule has 1 aromatic rings. The van der Waals surface area contributed by atoms with E-state index in [4.69, 9.17) is 0 Å². The van der Waals surface area contributed by atoms with Gasteiger partial charge in [-0.15, -0.1) is 0 Å². The van der Waals surface area contributed by atoms with Crippen molar-refractivity contribution in [2.45, 2.75) is 25.8 Å². The Morgan fingerprint density at radius 2 is 2.15 bits per heavy atom. The number of aromatic nitrogens is 1. The molecule has 0 radical (unpaired) electrons. The van der Waals surface area contributed by atoms with E-state index in [0.717, 1.165) is 0 Å². The Balaban J connectivity index is 2.10. The molecule has 0 aliphatic carbocycles. The number of hydrogen-bond acceptors (Lipinski definition) is 5. The third-order valence-electron chi connectivity index (χ3n) is 3.02. The van der Waals surface area contributed by atoms with Crippen molar-refractivity contribution in [1.82, 2.24) is 15.6 Å². The number of pyridine rings is 1. The second kappa shape index (κ2) is 5.68. The number of anilines is 1. The number of rotatable bonds is 3. The zero-order chi connectivity index (χ0) is 14.7. The minimum atomic E-state index is -0.674. The summed E-state index contributed by atoms with van der Waals surface area (Å²) in [6, 6.07) is 2.57. The lowest BCUT2D eigenvalue weighted by atomic mass is 10.1. The highest BCUT2D eigenvalue weighted by Gasteiger charge is 2.28. The Morgan fingerprint density at radius 1 is 1.40 bits per heavy atom. The van der Waals surface area contributed by atoms with Crippen molar-refractivity contribution >= 4 is 23.5 Å². The quantitative estimate of drug-likeness (QED) is 0.673. The molecule has 1 aliphatic heterocycles. The van der Waals surface area contributed by atoms with Gasteiger partial charge in [-0.05, 0) is 25.5 Å². The molecule has 3 N–H and O–H groups in total. The topological polar surface area (TPSA) is 100 Å². The molecule has 0 bridgehead atoms. The smallest absolute Gasteiger partial charge is 0.252 e. The van der Waals surface area contributed by atoms with Crippen LogP contribution in [0, 0.1) is 6.92 Å². The maximum absolute atomic E-state index is 12.1. The minimum Gasteiger partial charge on any atom is -0.373 e. The summed E-state index contributed by atoms with van der Waals surface area (Å²) >= 11 is 0. The number of hydrogen-bond donors (Lipinski definition) is 3. The van der Waals surface area contributed by atoms with Crippen molar-refractivity contribution in [2.24, 2.45) is 0 Å². The van der Waals surface area contributed by atoms with Gasteiger partial charge in [0.25, 0.3) is 5.91 Å². The van der Waals surface area contributed by atoms with Crippen LogP contribution in [-0.4, -0.2) is 35.8 Å². The highest BCUT2D eigenvalue weighted by Crippen LogP contribution is 2.11. The van der Waals surface area contributed by atoms with Gasteiger partial charge in [0, 0.05) is 24.7 Å². The van der Waals surface area contributed by atoms with Crippen LogP contribution in [0.15, 0.2) is 12.1 Å². The molecule has 1 saturated heterocycles. The molecular weight excluding hydrogens is 260 g/mol. The Kier molecular flexibility index (Phi) is 3.97. The third kappa shape index (κ3) is 3.11. The maximum Gasteiger partial charge on any atom is 0.252 e. The van der Waals surface area contributed by atoms with Crippen LogP contribution in [0.5, 0.6) is 0 Å². The van der Waals surface area contributed by atoms with Gasteiger partial charge < -0.3 is 10.6 Å². The molecule has 2 heterocycles.